The molecule has 0 saturated heterocycles. The Balaban J connectivity index is 1.50. The second-order valence-electron chi connectivity index (χ2n) is 7.92. The van der Waals surface area contributed by atoms with Crippen LogP contribution in [0.1, 0.15) is 32.0 Å². The van der Waals surface area contributed by atoms with Gasteiger partial charge in [-0.1, -0.05) is 23.7 Å². The van der Waals surface area contributed by atoms with Crippen LogP contribution >= 0.6 is 11.6 Å². The molecule has 7 nitrogen and oxygen atoms in total. The minimum Gasteiger partial charge on any atom is -0.497 e. The summed E-state index contributed by atoms with van der Waals surface area (Å²) in [5, 5.41) is 10.3. The number of hydrogen-bond donors (Lipinski definition) is 1. The Hall–Kier alpha value is -4.36. The van der Waals surface area contributed by atoms with E-state index in [1.807, 2.05) is 36.2 Å². The summed E-state index contributed by atoms with van der Waals surface area (Å²) in [6, 6.07) is 22.3. The van der Waals surface area contributed by atoms with Crippen LogP contribution in [0.3, 0.4) is 0 Å². The molecule has 182 valence electrons. The highest BCUT2D eigenvalue weighted by molar-refractivity contribution is 6.30. The molecule has 0 fully saturated rings. The van der Waals surface area contributed by atoms with Crippen LogP contribution in [0.2, 0.25) is 5.02 Å². The first-order valence-electron chi connectivity index (χ1n) is 11.0. The van der Waals surface area contributed by atoms with Crippen molar-refractivity contribution in [2.75, 3.05) is 19.1 Å². The van der Waals surface area contributed by atoms with E-state index < -0.39 is 5.97 Å². The first-order valence-corrected chi connectivity index (χ1v) is 11.4. The van der Waals surface area contributed by atoms with E-state index in [1.165, 1.54) is 18.2 Å². The Morgan fingerprint density at radius 2 is 1.64 bits per heavy atom. The number of benzene rings is 3. The molecular weight excluding hydrogens is 480 g/mol. The van der Waals surface area contributed by atoms with Crippen LogP contribution in [0.25, 0.3) is 0 Å². The van der Waals surface area contributed by atoms with Crippen molar-refractivity contribution >= 4 is 34.7 Å². The van der Waals surface area contributed by atoms with E-state index in [9.17, 15) is 14.7 Å². The molecule has 1 N–H and O–H groups in total. The van der Waals surface area contributed by atoms with Gasteiger partial charge in [-0.15, -0.1) is 0 Å². The fourth-order valence-electron chi connectivity index (χ4n) is 3.53. The molecule has 0 atom stereocenters. The van der Waals surface area contributed by atoms with Crippen molar-refractivity contribution in [1.29, 1.82) is 0 Å². The van der Waals surface area contributed by atoms with Crippen molar-refractivity contribution in [3.05, 3.63) is 112 Å². The van der Waals surface area contributed by atoms with E-state index in [4.69, 9.17) is 21.1 Å². The number of anilines is 2. The zero-order valence-electron chi connectivity index (χ0n) is 19.6. The predicted octanol–water partition coefficient (Wildman–Crippen LogP) is 6.02. The standard InChI is InChI=1S/C28H23ClN2O5/c1-31(21-8-6-20(29)7-9-21)22-10-13-25(30-16-22)27(32)19-5-14-26(24(15-19)28(33)34)36-17-18-3-11-23(35-2)12-4-18/h3-16H,17H2,1-2H3,(H,33,34). The molecule has 0 aliphatic carbocycles. The summed E-state index contributed by atoms with van der Waals surface area (Å²) in [7, 11) is 3.46. The number of carbonyl (C=O) groups is 2. The third kappa shape index (κ3) is 5.64. The molecule has 0 aliphatic heterocycles. The normalized spacial score (nSPS) is 10.5. The number of ketones is 1. The number of aromatic nitrogens is 1. The van der Waals surface area contributed by atoms with Crippen LogP contribution < -0.4 is 14.4 Å². The Morgan fingerprint density at radius 1 is 0.944 bits per heavy atom. The molecule has 36 heavy (non-hydrogen) atoms. The van der Waals surface area contributed by atoms with Crippen LogP contribution in [0.15, 0.2) is 85.1 Å². The maximum Gasteiger partial charge on any atom is 0.339 e. The van der Waals surface area contributed by atoms with E-state index in [1.54, 1.807) is 49.7 Å². The van der Waals surface area contributed by atoms with Gasteiger partial charge in [-0.3, -0.25) is 9.78 Å². The SMILES string of the molecule is COc1ccc(COc2ccc(C(=O)c3ccc(N(C)c4ccc(Cl)cc4)cn3)cc2C(=O)O)cc1. The van der Waals surface area contributed by atoms with Crippen molar-refractivity contribution in [2.24, 2.45) is 0 Å². The lowest BCUT2D eigenvalue weighted by molar-refractivity contribution is 0.0691. The van der Waals surface area contributed by atoms with Crippen LogP contribution in [0.5, 0.6) is 11.5 Å². The highest BCUT2D eigenvalue weighted by Gasteiger charge is 2.18. The van der Waals surface area contributed by atoms with Gasteiger partial charge in [0, 0.05) is 23.3 Å². The van der Waals surface area contributed by atoms with Gasteiger partial charge < -0.3 is 19.5 Å². The maximum absolute atomic E-state index is 13.0. The van der Waals surface area contributed by atoms with E-state index in [0.717, 1.165) is 16.9 Å². The Kier molecular flexibility index (Phi) is 7.51. The summed E-state index contributed by atoms with van der Waals surface area (Å²) >= 11 is 5.96. The summed E-state index contributed by atoms with van der Waals surface area (Å²) in [6.45, 7) is 0.168. The molecule has 0 saturated carbocycles. The number of pyridine rings is 1. The fraction of sp³-hybridized carbons (Fsp3) is 0.107. The van der Waals surface area contributed by atoms with Crippen molar-refractivity contribution < 1.29 is 24.2 Å². The molecular formula is C28H23ClN2O5. The molecule has 0 unspecified atom stereocenters. The summed E-state index contributed by atoms with van der Waals surface area (Å²) < 4.78 is 10.9. The van der Waals surface area contributed by atoms with Gasteiger partial charge >= 0.3 is 5.97 Å². The number of hydrogen-bond acceptors (Lipinski definition) is 6. The number of carboxylic acids is 1. The molecule has 4 aromatic rings. The lowest BCUT2D eigenvalue weighted by Crippen LogP contribution is -2.11. The van der Waals surface area contributed by atoms with Gasteiger partial charge in [0.1, 0.15) is 29.4 Å². The zero-order chi connectivity index (χ0) is 25.7. The number of nitrogens with zero attached hydrogens (tertiary/aromatic N) is 2. The van der Waals surface area contributed by atoms with Gasteiger partial charge in [0.05, 0.1) is 19.0 Å². The Morgan fingerprint density at radius 3 is 2.25 bits per heavy atom. The van der Waals surface area contributed by atoms with E-state index in [0.29, 0.717) is 10.8 Å². The molecule has 4 rings (SSSR count). The first-order chi connectivity index (χ1) is 17.4. The number of ether oxygens (including phenoxy) is 2. The van der Waals surface area contributed by atoms with Crippen molar-refractivity contribution in [1.82, 2.24) is 4.98 Å². The zero-order valence-corrected chi connectivity index (χ0v) is 20.4. The molecule has 0 spiro atoms. The van der Waals surface area contributed by atoms with E-state index >= 15 is 0 Å². The highest BCUT2D eigenvalue weighted by atomic mass is 35.5. The van der Waals surface area contributed by atoms with Crippen molar-refractivity contribution in [3.63, 3.8) is 0 Å². The summed E-state index contributed by atoms with van der Waals surface area (Å²) in [6.07, 6.45) is 1.59. The molecule has 0 aliphatic rings. The molecule has 1 heterocycles. The topological polar surface area (TPSA) is 89.0 Å². The molecule has 0 radical (unpaired) electrons. The predicted molar refractivity (Wildman–Crippen MR) is 138 cm³/mol. The molecule has 0 bridgehead atoms. The third-order valence-electron chi connectivity index (χ3n) is 5.61. The van der Waals surface area contributed by atoms with Crippen LogP contribution in [-0.2, 0) is 6.61 Å². The van der Waals surface area contributed by atoms with Gasteiger partial charge in [0.2, 0.25) is 5.78 Å². The minimum absolute atomic E-state index is 0.103. The molecule has 3 aromatic carbocycles. The highest BCUT2D eigenvalue weighted by Crippen LogP contribution is 2.26. The largest absolute Gasteiger partial charge is 0.497 e. The van der Waals surface area contributed by atoms with Crippen molar-refractivity contribution in [3.8, 4) is 11.5 Å². The quantitative estimate of drug-likeness (QED) is 0.280. The van der Waals surface area contributed by atoms with Gasteiger partial charge in [-0.05, 0) is 72.3 Å². The number of carboxylic acid groups (broad SMARTS) is 1. The van der Waals surface area contributed by atoms with Gasteiger partial charge in [0.25, 0.3) is 0 Å². The smallest absolute Gasteiger partial charge is 0.339 e. The second kappa shape index (κ2) is 10.9. The van der Waals surface area contributed by atoms with Crippen LogP contribution in [0.4, 0.5) is 11.4 Å². The number of methoxy groups -OCH3 is 1. The lowest BCUT2D eigenvalue weighted by atomic mass is 10.0. The Labute approximate surface area is 213 Å². The summed E-state index contributed by atoms with van der Waals surface area (Å²) in [4.78, 5) is 31.1. The number of carbonyl (C=O) groups excluding carboxylic acids is 1. The van der Waals surface area contributed by atoms with Crippen LogP contribution in [0, 0.1) is 0 Å². The molecule has 1 aromatic heterocycles. The summed E-state index contributed by atoms with van der Waals surface area (Å²) in [5.74, 6) is -0.698. The van der Waals surface area contributed by atoms with E-state index in [-0.39, 0.29) is 35.0 Å². The van der Waals surface area contributed by atoms with Crippen molar-refractivity contribution in [2.45, 2.75) is 6.61 Å². The number of aromatic carboxylic acids is 1. The van der Waals surface area contributed by atoms with Gasteiger partial charge in [-0.2, -0.15) is 0 Å². The number of rotatable bonds is 9. The maximum atomic E-state index is 13.0. The minimum atomic E-state index is -1.19. The number of halogens is 1. The fourth-order valence-corrected chi connectivity index (χ4v) is 3.65. The first kappa shape index (κ1) is 24.8. The Bertz CT molecular complexity index is 1370. The molecule has 0 amide bonds. The average Bonchev–Trinajstić information content (AvgIpc) is 2.91. The van der Waals surface area contributed by atoms with Gasteiger partial charge in [0.15, 0.2) is 0 Å². The third-order valence-corrected chi connectivity index (χ3v) is 5.86. The summed E-state index contributed by atoms with van der Waals surface area (Å²) in [5.41, 5.74) is 2.84. The average molecular weight is 503 g/mol. The van der Waals surface area contributed by atoms with Gasteiger partial charge in [-0.25, -0.2) is 4.79 Å². The van der Waals surface area contributed by atoms with Crippen LogP contribution in [-0.4, -0.2) is 36.0 Å². The molecule has 8 heteroatoms. The monoisotopic (exact) mass is 502 g/mol. The lowest BCUT2D eigenvalue weighted by Gasteiger charge is -2.19. The van der Waals surface area contributed by atoms with E-state index in [2.05, 4.69) is 4.98 Å². The second-order valence-corrected chi connectivity index (χ2v) is 8.36.